The average molecular weight is 242 g/mol. The molecule has 0 aromatic carbocycles. The number of hydrogen-bond donors (Lipinski definition) is 1. The zero-order valence-corrected chi connectivity index (χ0v) is 12.0. The number of hydrogen-bond acceptors (Lipinski definition) is 3. The molecule has 1 amide bonds. The quantitative estimate of drug-likeness (QED) is 0.808. The number of ether oxygens (including phenoxy) is 1. The van der Waals surface area contributed by atoms with Crippen molar-refractivity contribution in [3.63, 3.8) is 0 Å². The van der Waals surface area contributed by atoms with Gasteiger partial charge in [0.1, 0.15) is 5.60 Å². The lowest BCUT2D eigenvalue weighted by atomic mass is 10.0. The van der Waals surface area contributed by atoms with Crippen LogP contribution in [0.3, 0.4) is 0 Å². The molecule has 1 heterocycles. The second kappa shape index (κ2) is 4.84. The first-order valence-corrected chi connectivity index (χ1v) is 6.37. The first-order chi connectivity index (χ1) is 7.61. The van der Waals surface area contributed by atoms with E-state index >= 15 is 0 Å². The van der Waals surface area contributed by atoms with Crippen molar-refractivity contribution in [2.45, 2.75) is 65.1 Å². The Morgan fingerprint density at radius 1 is 1.41 bits per heavy atom. The molecule has 1 aliphatic rings. The van der Waals surface area contributed by atoms with Crippen LogP contribution in [0.4, 0.5) is 4.79 Å². The smallest absolute Gasteiger partial charge is 0.410 e. The van der Waals surface area contributed by atoms with E-state index in [-0.39, 0.29) is 11.6 Å². The molecule has 0 spiro atoms. The minimum absolute atomic E-state index is 0.0189. The molecule has 0 unspecified atom stereocenters. The zero-order valence-electron chi connectivity index (χ0n) is 12.0. The highest BCUT2D eigenvalue weighted by molar-refractivity contribution is 5.68. The summed E-state index contributed by atoms with van der Waals surface area (Å²) in [5.74, 6) is 0. The van der Waals surface area contributed by atoms with E-state index in [0.717, 1.165) is 19.5 Å². The Kier molecular flexibility index (Phi) is 4.07. The summed E-state index contributed by atoms with van der Waals surface area (Å²) in [5, 5.41) is 3.52. The number of amides is 1. The first-order valence-electron chi connectivity index (χ1n) is 6.37. The average Bonchev–Trinajstić information content (AvgIpc) is 2.43. The summed E-state index contributed by atoms with van der Waals surface area (Å²) in [6.07, 6.45) is 0.775. The Morgan fingerprint density at radius 3 is 2.47 bits per heavy atom. The Bertz CT molecular complexity index is 284. The molecule has 4 heteroatoms. The van der Waals surface area contributed by atoms with Gasteiger partial charge in [0.05, 0.1) is 0 Å². The highest BCUT2D eigenvalue weighted by Crippen LogP contribution is 2.23. The van der Waals surface area contributed by atoms with Crippen molar-refractivity contribution < 1.29 is 9.53 Å². The van der Waals surface area contributed by atoms with Gasteiger partial charge in [0.15, 0.2) is 0 Å². The van der Waals surface area contributed by atoms with Crippen molar-refractivity contribution in [2.75, 3.05) is 13.1 Å². The van der Waals surface area contributed by atoms with Gasteiger partial charge in [0.2, 0.25) is 0 Å². The van der Waals surface area contributed by atoms with Gasteiger partial charge in [-0.3, -0.25) is 0 Å². The molecule has 1 rings (SSSR count). The molecule has 0 aliphatic carbocycles. The van der Waals surface area contributed by atoms with Crippen molar-refractivity contribution in [3.05, 3.63) is 0 Å². The number of nitrogens with one attached hydrogen (secondary N) is 1. The van der Waals surface area contributed by atoms with Crippen LogP contribution < -0.4 is 5.32 Å². The Labute approximate surface area is 105 Å². The van der Waals surface area contributed by atoms with E-state index in [4.69, 9.17) is 4.74 Å². The molecule has 0 radical (unpaired) electrons. The highest BCUT2D eigenvalue weighted by atomic mass is 16.6. The molecule has 0 saturated carbocycles. The molecule has 1 saturated heterocycles. The number of likely N-dealkylation sites (tertiary alicyclic amines) is 1. The predicted molar refractivity (Wildman–Crippen MR) is 69.1 cm³/mol. The van der Waals surface area contributed by atoms with Crippen LogP contribution in [0.5, 0.6) is 0 Å². The maximum atomic E-state index is 11.9. The summed E-state index contributed by atoms with van der Waals surface area (Å²) in [4.78, 5) is 13.7. The molecule has 17 heavy (non-hydrogen) atoms. The van der Waals surface area contributed by atoms with Crippen LogP contribution in [0, 0.1) is 0 Å². The summed E-state index contributed by atoms with van der Waals surface area (Å²) in [5.41, 5.74) is -0.396. The van der Waals surface area contributed by atoms with E-state index in [9.17, 15) is 4.79 Å². The van der Waals surface area contributed by atoms with Gasteiger partial charge in [0, 0.05) is 24.7 Å². The first kappa shape index (κ1) is 14.3. The maximum Gasteiger partial charge on any atom is 0.410 e. The van der Waals surface area contributed by atoms with Crippen LogP contribution in [0.1, 0.15) is 48.0 Å². The molecule has 0 aromatic rings. The Morgan fingerprint density at radius 2 is 2.00 bits per heavy atom. The van der Waals surface area contributed by atoms with Gasteiger partial charge in [-0.15, -0.1) is 0 Å². The fraction of sp³-hybridized carbons (Fsp3) is 0.923. The lowest BCUT2D eigenvalue weighted by molar-refractivity contribution is 0.0281. The molecular formula is C13H26N2O2. The SMILES string of the molecule is CC(C)N[C@]1(C)CCN(C(=O)OC(C)(C)C)C1. The van der Waals surface area contributed by atoms with Crippen molar-refractivity contribution in [1.82, 2.24) is 10.2 Å². The molecule has 100 valence electrons. The number of carbonyl (C=O) groups excluding carboxylic acids is 1. The lowest BCUT2D eigenvalue weighted by Gasteiger charge is -2.29. The van der Waals surface area contributed by atoms with Crippen molar-refractivity contribution >= 4 is 6.09 Å². The molecule has 0 aromatic heterocycles. The third kappa shape index (κ3) is 4.54. The van der Waals surface area contributed by atoms with Gasteiger partial charge in [-0.1, -0.05) is 13.8 Å². The van der Waals surface area contributed by atoms with Gasteiger partial charge in [-0.05, 0) is 34.1 Å². The maximum absolute atomic E-state index is 11.9. The minimum Gasteiger partial charge on any atom is -0.444 e. The third-order valence-electron chi connectivity index (χ3n) is 2.76. The predicted octanol–water partition coefficient (Wildman–Crippen LogP) is 2.38. The Hall–Kier alpha value is -0.770. The van der Waals surface area contributed by atoms with Crippen LogP contribution in [0.2, 0.25) is 0 Å². The van der Waals surface area contributed by atoms with Gasteiger partial charge in [0.25, 0.3) is 0 Å². The Balaban J connectivity index is 2.52. The number of carbonyl (C=O) groups is 1. The largest absolute Gasteiger partial charge is 0.444 e. The summed E-state index contributed by atoms with van der Waals surface area (Å²) >= 11 is 0. The van der Waals surface area contributed by atoms with Crippen LogP contribution in [-0.2, 0) is 4.74 Å². The van der Waals surface area contributed by atoms with Crippen LogP contribution in [0.15, 0.2) is 0 Å². The van der Waals surface area contributed by atoms with E-state index in [1.165, 1.54) is 0 Å². The minimum atomic E-state index is -0.415. The summed E-state index contributed by atoms with van der Waals surface area (Å²) < 4.78 is 5.38. The van der Waals surface area contributed by atoms with Crippen molar-refractivity contribution in [2.24, 2.45) is 0 Å². The molecular weight excluding hydrogens is 216 g/mol. The van der Waals surface area contributed by atoms with Crippen LogP contribution in [-0.4, -0.2) is 41.3 Å². The fourth-order valence-corrected chi connectivity index (χ4v) is 2.26. The third-order valence-corrected chi connectivity index (χ3v) is 2.76. The van der Waals surface area contributed by atoms with Crippen molar-refractivity contribution in [1.29, 1.82) is 0 Å². The monoisotopic (exact) mass is 242 g/mol. The van der Waals surface area contributed by atoms with Crippen molar-refractivity contribution in [3.8, 4) is 0 Å². The molecule has 4 nitrogen and oxygen atoms in total. The molecule has 0 bridgehead atoms. The van der Waals surface area contributed by atoms with Crippen LogP contribution >= 0.6 is 0 Å². The van der Waals surface area contributed by atoms with Crippen LogP contribution in [0.25, 0.3) is 0 Å². The molecule has 1 atom stereocenters. The highest BCUT2D eigenvalue weighted by Gasteiger charge is 2.37. The summed E-state index contributed by atoms with van der Waals surface area (Å²) in [6.45, 7) is 13.6. The van der Waals surface area contributed by atoms with Gasteiger partial charge >= 0.3 is 6.09 Å². The van der Waals surface area contributed by atoms with E-state index < -0.39 is 5.60 Å². The van der Waals surface area contributed by atoms with Gasteiger partial charge in [-0.2, -0.15) is 0 Å². The summed E-state index contributed by atoms with van der Waals surface area (Å²) in [7, 11) is 0. The topological polar surface area (TPSA) is 41.6 Å². The standard InChI is InChI=1S/C13H26N2O2/c1-10(2)14-13(6)7-8-15(9-13)11(16)17-12(3,4)5/h10,14H,7-9H2,1-6H3/t13-/m1/s1. The van der Waals surface area contributed by atoms with Gasteiger partial charge < -0.3 is 15.0 Å². The number of nitrogens with zero attached hydrogens (tertiary/aromatic N) is 1. The van der Waals surface area contributed by atoms with Gasteiger partial charge in [-0.25, -0.2) is 4.79 Å². The summed E-state index contributed by atoms with van der Waals surface area (Å²) in [6, 6.07) is 0.429. The normalized spacial score (nSPS) is 25.5. The van der Waals surface area contributed by atoms with E-state index in [0.29, 0.717) is 6.04 Å². The second-order valence-corrected chi connectivity index (χ2v) is 6.51. The molecule has 1 N–H and O–H groups in total. The molecule has 1 fully saturated rings. The number of rotatable bonds is 2. The fourth-order valence-electron chi connectivity index (χ4n) is 2.26. The molecule has 1 aliphatic heterocycles. The van der Waals surface area contributed by atoms with E-state index in [2.05, 4.69) is 26.1 Å². The lowest BCUT2D eigenvalue weighted by Crippen LogP contribution is -2.49. The van der Waals surface area contributed by atoms with E-state index in [1.54, 1.807) is 4.90 Å². The van der Waals surface area contributed by atoms with E-state index in [1.807, 2.05) is 20.8 Å². The zero-order chi connectivity index (χ0) is 13.3. The second-order valence-electron chi connectivity index (χ2n) is 6.51.